The molecule has 2 aromatic heterocycles. The standard InChI is InChI=1S/C53H36N4O2/c58-33-48-45-20-10-9-19-44(45)47-32-38(26-27-46(47)50(48)59)39-29-40(43-18-8-7-17-42(43)34-22-24-35(25-23-34)49-21-11-12-28-54-49)31-41(30-39)53-56-51(36-13-3-1-4-14-36)55-52(57-53)37-15-5-2-6-16-37/h1-32,48,58H,33H2. The Hall–Kier alpha value is -7.67. The van der Waals surface area contributed by atoms with Crippen molar-refractivity contribution < 1.29 is 9.90 Å². The van der Waals surface area contributed by atoms with Crippen molar-refractivity contribution in [1.29, 1.82) is 0 Å². The molecule has 0 radical (unpaired) electrons. The number of rotatable bonds is 8. The molecule has 1 aliphatic rings. The van der Waals surface area contributed by atoms with Gasteiger partial charge in [0, 0.05) is 34.0 Å². The van der Waals surface area contributed by atoms with Gasteiger partial charge in [-0.05, 0) is 86.5 Å². The first kappa shape index (κ1) is 35.7. The number of nitrogens with zero attached hydrogens (tertiary/aromatic N) is 4. The van der Waals surface area contributed by atoms with Gasteiger partial charge >= 0.3 is 0 Å². The highest BCUT2D eigenvalue weighted by Crippen LogP contribution is 2.43. The maximum Gasteiger partial charge on any atom is 0.173 e. The van der Waals surface area contributed by atoms with Crippen LogP contribution in [0.15, 0.2) is 194 Å². The van der Waals surface area contributed by atoms with Gasteiger partial charge in [0.25, 0.3) is 0 Å². The molecule has 280 valence electrons. The summed E-state index contributed by atoms with van der Waals surface area (Å²) in [5.41, 5.74) is 13.9. The number of Topliss-reactive ketones (excluding diaryl/α,β-unsaturated/α-hetero) is 1. The van der Waals surface area contributed by atoms with Crippen LogP contribution in [-0.2, 0) is 0 Å². The number of aromatic nitrogens is 4. The van der Waals surface area contributed by atoms with E-state index in [2.05, 4.69) is 77.8 Å². The van der Waals surface area contributed by atoms with E-state index in [-0.39, 0.29) is 12.4 Å². The zero-order valence-corrected chi connectivity index (χ0v) is 31.9. The fraction of sp³-hybridized carbons (Fsp3) is 0.0377. The minimum atomic E-state index is -0.588. The molecule has 10 rings (SSSR count). The van der Waals surface area contributed by atoms with Gasteiger partial charge < -0.3 is 5.11 Å². The second kappa shape index (κ2) is 15.3. The van der Waals surface area contributed by atoms with Gasteiger partial charge in [0.15, 0.2) is 23.3 Å². The van der Waals surface area contributed by atoms with Crippen molar-refractivity contribution in [3.8, 4) is 89.9 Å². The Morgan fingerprint density at radius 1 is 0.390 bits per heavy atom. The highest BCUT2D eigenvalue weighted by molar-refractivity contribution is 6.11. The quantitative estimate of drug-likeness (QED) is 0.166. The normalized spacial score (nSPS) is 13.1. The minimum absolute atomic E-state index is 0.0720. The summed E-state index contributed by atoms with van der Waals surface area (Å²) in [5, 5.41) is 10.3. The Morgan fingerprint density at radius 3 is 1.56 bits per heavy atom. The Balaban J connectivity index is 1.17. The molecule has 1 atom stereocenters. The first-order chi connectivity index (χ1) is 29.1. The van der Waals surface area contributed by atoms with E-state index < -0.39 is 5.92 Å². The molecule has 7 aromatic carbocycles. The zero-order valence-electron chi connectivity index (χ0n) is 31.9. The predicted molar refractivity (Wildman–Crippen MR) is 235 cm³/mol. The third-order valence-electron chi connectivity index (χ3n) is 11.0. The molecule has 0 amide bonds. The molecule has 59 heavy (non-hydrogen) atoms. The number of hydrogen-bond donors (Lipinski definition) is 1. The summed E-state index contributed by atoms with van der Waals surface area (Å²) >= 11 is 0. The number of benzene rings is 7. The van der Waals surface area contributed by atoms with Crippen molar-refractivity contribution in [2.45, 2.75) is 5.92 Å². The Kier molecular flexibility index (Phi) is 9.29. The number of aliphatic hydroxyl groups excluding tert-OH is 1. The molecule has 0 fully saturated rings. The lowest BCUT2D eigenvalue weighted by molar-refractivity contribution is 0.0920. The third-order valence-corrected chi connectivity index (χ3v) is 11.0. The van der Waals surface area contributed by atoms with Crippen molar-refractivity contribution >= 4 is 5.78 Å². The minimum Gasteiger partial charge on any atom is -0.395 e. The smallest absolute Gasteiger partial charge is 0.173 e. The predicted octanol–water partition coefficient (Wildman–Crippen LogP) is 11.9. The molecule has 2 heterocycles. The summed E-state index contributed by atoms with van der Waals surface area (Å²) in [4.78, 5) is 33.5. The summed E-state index contributed by atoms with van der Waals surface area (Å²) in [6.45, 7) is -0.240. The number of ketones is 1. The molecule has 6 nitrogen and oxygen atoms in total. The summed E-state index contributed by atoms with van der Waals surface area (Å²) < 4.78 is 0. The molecule has 0 bridgehead atoms. The van der Waals surface area contributed by atoms with Crippen LogP contribution in [-0.4, -0.2) is 37.4 Å². The third kappa shape index (κ3) is 6.82. The average molecular weight is 761 g/mol. The number of pyridine rings is 1. The van der Waals surface area contributed by atoms with Gasteiger partial charge in [0.05, 0.1) is 18.2 Å². The van der Waals surface area contributed by atoms with Crippen molar-refractivity contribution in [1.82, 2.24) is 19.9 Å². The molecule has 1 aliphatic carbocycles. The second-order valence-electron chi connectivity index (χ2n) is 14.6. The van der Waals surface area contributed by atoms with Crippen LogP contribution >= 0.6 is 0 Å². The van der Waals surface area contributed by atoms with Crippen LogP contribution in [0.4, 0.5) is 0 Å². The molecule has 0 saturated heterocycles. The van der Waals surface area contributed by atoms with E-state index in [0.717, 1.165) is 78.0 Å². The number of carbonyl (C=O) groups excluding carboxylic acids is 1. The van der Waals surface area contributed by atoms with Crippen LogP contribution in [0.25, 0.3) is 89.9 Å². The summed E-state index contributed by atoms with van der Waals surface area (Å²) in [5.74, 6) is 1.05. The lowest BCUT2D eigenvalue weighted by atomic mass is 9.77. The fourth-order valence-electron chi connectivity index (χ4n) is 8.08. The average Bonchev–Trinajstić information content (AvgIpc) is 3.32. The Labute approximate surface area is 342 Å². The van der Waals surface area contributed by atoms with Gasteiger partial charge in [0.1, 0.15) is 0 Å². The van der Waals surface area contributed by atoms with Crippen molar-refractivity contribution in [2.75, 3.05) is 6.61 Å². The highest BCUT2D eigenvalue weighted by atomic mass is 16.3. The summed E-state index contributed by atoms with van der Waals surface area (Å²) in [7, 11) is 0. The molecular weight excluding hydrogens is 725 g/mol. The monoisotopic (exact) mass is 760 g/mol. The molecule has 1 N–H and O–H groups in total. The molecule has 9 aromatic rings. The number of aliphatic hydroxyl groups is 1. The van der Waals surface area contributed by atoms with Crippen LogP contribution in [0, 0.1) is 0 Å². The van der Waals surface area contributed by atoms with E-state index in [9.17, 15) is 9.90 Å². The van der Waals surface area contributed by atoms with Crippen molar-refractivity contribution in [2.24, 2.45) is 0 Å². The van der Waals surface area contributed by atoms with Gasteiger partial charge in [-0.25, -0.2) is 15.0 Å². The topological polar surface area (TPSA) is 88.9 Å². The first-order valence-corrected chi connectivity index (χ1v) is 19.6. The zero-order chi connectivity index (χ0) is 39.7. The van der Waals surface area contributed by atoms with Crippen LogP contribution < -0.4 is 0 Å². The number of fused-ring (bicyclic) bond motifs is 3. The van der Waals surface area contributed by atoms with Crippen LogP contribution in [0.3, 0.4) is 0 Å². The Bertz CT molecular complexity index is 2930. The van der Waals surface area contributed by atoms with Crippen molar-refractivity contribution in [3.05, 3.63) is 205 Å². The van der Waals surface area contributed by atoms with Gasteiger partial charge in [0.2, 0.25) is 0 Å². The molecule has 0 saturated carbocycles. The van der Waals surface area contributed by atoms with E-state index in [4.69, 9.17) is 15.0 Å². The highest BCUT2D eigenvalue weighted by Gasteiger charge is 2.31. The SMILES string of the molecule is O=C1c2ccc(-c3cc(-c4nc(-c5ccccc5)nc(-c5ccccc5)n4)cc(-c4ccccc4-c4ccc(-c5ccccn5)cc4)c3)cc2-c2ccccc2C1CO. The van der Waals surface area contributed by atoms with Gasteiger partial charge in [-0.15, -0.1) is 0 Å². The van der Waals surface area contributed by atoms with Crippen LogP contribution in [0.2, 0.25) is 0 Å². The maximum absolute atomic E-state index is 13.7. The van der Waals surface area contributed by atoms with E-state index in [1.165, 1.54) is 0 Å². The Morgan fingerprint density at radius 2 is 0.915 bits per heavy atom. The summed E-state index contributed by atoms with van der Waals surface area (Å²) in [6.07, 6.45) is 1.81. The van der Waals surface area contributed by atoms with Gasteiger partial charge in [-0.1, -0.05) is 152 Å². The van der Waals surface area contributed by atoms with E-state index in [1.807, 2.05) is 121 Å². The number of carbonyl (C=O) groups is 1. The molecular formula is C53H36N4O2. The molecule has 6 heteroatoms. The molecule has 0 spiro atoms. The number of hydrogen-bond acceptors (Lipinski definition) is 6. The maximum atomic E-state index is 13.7. The molecule has 0 aliphatic heterocycles. The lowest BCUT2D eigenvalue weighted by Crippen LogP contribution is -2.22. The van der Waals surface area contributed by atoms with Crippen molar-refractivity contribution in [3.63, 3.8) is 0 Å². The fourth-order valence-corrected chi connectivity index (χ4v) is 8.08. The van der Waals surface area contributed by atoms with Gasteiger partial charge in [-0.3, -0.25) is 9.78 Å². The largest absolute Gasteiger partial charge is 0.395 e. The molecule has 1 unspecified atom stereocenters. The van der Waals surface area contributed by atoms with Crippen LogP contribution in [0.1, 0.15) is 21.8 Å². The second-order valence-corrected chi connectivity index (χ2v) is 14.6. The van der Waals surface area contributed by atoms with E-state index in [0.29, 0.717) is 23.0 Å². The summed E-state index contributed by atoms with van der Waals surface area (Å²) in [6, 6.07) is 63.2. The van der Waals surface area contributed by atoms with E-state index in [1.54, 1.807) is 0 Å². The first-order valence-electron chi connectivity index (χ1n) is 19.6. The van der Waals surface area contributed by atoms with Gasteiger partial charge in [-0.2, -0.15) is 0 Å². The van der Waals surface area contributed by atoms with Crippen LogP contribution in [0.5, 0.6) is 0 Å². The van der Waals surface area contributed by atoms with E-state index >= 15 is 0 Å². The lowest BCUT2D eigenvalue weighted by Gasteiger charge is -2.26.